The Morgan fingerprint density at radius 3 is 2.78 bits per heavy atom. The van der Waals surface area contributed by atoms with Gasteiger partial charge >= 0.3 is 0 Å². The second kappa shape index (κ2) is 6.49. The van der Waals surface area contributed by atoms with Gasteiger partial charge in [-0.1, -0.05) is 19.1 Å². The molecule has 5 heteroatoms. The van der Waals surface area contributed by atoms with E-state index >= 15 is 0 Å². The van der Waals surface area contributed by atoms with E-state index < -0.39 is 0 Å². The summed E-state index contributed by atoms with van der Waals surface area (Å²) in [6.45, 7) is 5.10. The van der Waals surface area contributed by atoms with Gasteiger partial charge in [-0.05, 0) is 29.6 Å². The molecule has 0 amide bonds. The maximum absolute atomic E-state index is 5.30. The highest BCUT2D eigenvalue weighted by Gasteiger charge is 2.06. The van der Waals surface area contributed by atoms with Crippen LogP contribution < -0.4 is 11.3 Å². The van der Waals surface area contributed by atoms with Crippen molar-refractivity contribution < 1.29 is 0 Å². The van der Waals surface area contributed by atoms with Crippen LogP contribution in [0.2, 0.25) is 0 Å². The van der Waals surface area contributed by atoms with Crippen molar-refractivity contribution in [1.82, 2.24) is 9.88 Å². The molecule has 0 aliphatic rings. The van der Waals surface area contributed by atoms with Crippen LogP contribution >= 0.6 is 11.3 Å². The van der Waals surface area contributed by atoms with Crippen molar-refractivity contribution in [3.05, 3.63) is 46.3 Å². The Labute approximate surface area is 111 Å². The first-order chi connectivity index (χ1) is 8.81. The third-order valence-electron chi connectivity index (χ3n) is 2.79. The van der Waals surface area contributed by atoms with Crippen LogP contribution in [0.4, 0.5) is 5.82 Å². The number of nitrogens with one attached hydrogen (secondary N) is 1. The Kier molecular flexibility index (Phi) is 4.69. The predicted molar refractivity (Wildman–Crippen MR) is 76.2 cm³/mol. The van der Waals surface area contributed by atoms with E-state index in [0.29, 0.717) is 5.82 Å². The summed E-state index contributed by atoms with van der Waals surface area (Å²) >= 11 is 1.80. The third kappa shape index (κ3) is 3.53. The number of hydrogen-bond acceptors (Lipinski definition) is 5. The second-order valence-corrected chi connectivity index (χ2v) is 5.11. The molecule has 4 nitrogen and oxygen atoms in total. The molecule has 0 aliphatic carbocycles. The number of anilines is 1. The van der Waals surface area contributed by atoms with Gasteiger partial charge in [0.2, 0.25) is 0 Å². The molecule has 0 saturated heterocycles. The lowest BCUT2D eigenvalue weighted by Crippen LogP contribution is -2.22. The van der Waals surface area contributed by atoms with E-state index in [2.05, 4.69) is 45.8 Å². The van der Waals surface area contributed by atoms with Gasteiger partial charge in [-0.3, -0.25) is 4.90 Å². The van der Waals surface area contributed by atoms with E-state index in [0.717, 1.165) is 19.6 Å². The molecule has 2 aromatic rings. The minimum absolute atomic E-state index is 0.694. The molecule has 0 bridgehead atoms. The highest BCUT2D eigenvalue weighted by molar-refractivity contribution is 7.09. The number of nitrogens with zero attached hydrogens (tertiary/aromatic N) is 2. The van der Waals surface area contributed by atoms with Gasteiger partial charge in [-0.25, -0.2) is 10.8 Å². The predicted octanol–water partition coefficient (Wildman–Crippen LogP) is 2.45. The summed E-state index contributed by atoms with van der Waals surface area (Å²) in [4.78, 5) is 8.00. The number of pyridine rings is 1. The quantitative estimate of drug-likeness (QED) is 0.620. The molecule has 0 saturated carbocycles. The lowest BCUT2D eigenvalue weighted by molar-refractivity contribution is 0.273. The van der Waals surface area contributed by atoms with E-state index in [-0.39, 0.29) is 0 Å². The molecule has 0 spiro atoms. The zero-order valence-corrected chi connectivity index (χ0v) is 11.3. The fraction of sp³-hybridized carbons (Fsp3) is 0.308. The maximum Gasteiger partial charge on any atom is 0.139 e. The fourth-order valence-electron chi connectivity index (χ4n) is 1.76. The zero-order chi connectivity index (χ0) is 12.8. The first kappa shape index (κ1) is 13.0. The van der Waals surface area contributed by atoms with Gasteiger partial charge in [0.05, 0.1) is 0 Å². The second-order valence-electron chi connectivity index (χ2n) is 4.08. The zero-order valence-electron chi connectivity index (χ0n) is 10.5. The lowest BCUT2D eigenvalue weighted by atomic mass is 10.2. The van der Waals surface area contributed by atoms with E-state index in [1.807, 2.05) is 12.3 Å². The lowest BCUT2D eigenvalue weighted by Gasteiger charge is -2.19. The number of nitrogen functional groups attached to an aromatic ring is 1. The van der Waals surface area contributed by atoms with E-state index in [1.54, 1.807) is 11.3 Å². The summed E-state index contributed by atoms with van der Waals surface area (Å²) in [7, 11) is 0. The molecule has 2 heterocycles. The monoisotopic (exact) mass is 262 g/mol. The number of rotatable bonds is 6. The Morgan fingerprint density at radius 2 is 2.22 bits per heavy atom. The maximum atomic E-state index is 5.30. The number of thiophene rings is 1. The highest BCUT2D eigenvalue weighted by atomic mass is 32.1. The van der Waals surface area contributed by atoms with Crippen molar-refractivity contribution in [3.8, 4) is 0 Å². The Hall–Kier alpha value is -1.43. The summed E-state index contributed by atoms with van der Waals surface area (Å²) in [5.74, 6) is 5.99. The van der Waals surface area contributed by atoms with Crippen LogP contribution in [0, 0.1) is 0 Å². The summed E-state index contributed by atoms with van der Waals surface area (Å²) in [6.07, 6.45) is 1.87. The summed E-state index contributed by atoms with van der Waals surface area (Å²) in [5.41, 5.74) is 3.74. The average Bonchev–Trinajstić information content (AvgIpc) is 2.91. The summed E-state index contributed by atoms with van der Waals surface area (Å²) in [6, 6.07) is 8.22. The van der Waals surface area contributed by atoms with Gasteiger partial charge in [0, 0.05) is 24.2 Å². The van der Waals surface area contributed by atoms with Crippen LogP contribution in [0.1, 0.15) is 17.4 Å². The number of nitrogens with two attached hydrogens (primary N) is 1. The van der Waals surface area contributed by atoms with Gasteiger partial charge in [0.25, 0.3) is 0 Å². The number of aromatic nitrogens is 1. The number of hydrazine groups is 1. The van der Waals surface area contributed by atoms with Gasteiger partial charge < -0.3 is 5.43 Å². The van der Waals surface area contributed by atoms with Crippen molar-refractivity contribution in [2.45, 2.75) is 20.0 Å². The van der Waals surface area contributed by atoms with Gasteiger partial charge in [-0.15, -0.1) is 11.3 Å². The summed E-state index contributed by atoms with van der Waals surface area (Å²) < 4.78 is 0. The third-order valence-corrected chi connectivity index (χ3v) is 3.65. The van der Waals surface area contributed by atoms with Crippen molar-refractivity contribution in [2.24, 2.45) is 5.84 Å². The fourth-order valence-corrected chi connectivity index (χ4v) is 2.51. The van der Waals surface area contributed by atoms with Crippen molar-refractivity contribution in [2.75, 3.05) is 12.0 Å². The summed E-state index contributed by atoms with van der Waals surface area (Å²) in [5, 5.41) is 2.12. The van der Waals surface area contributed by atoms with Gasteiger partial charge in [-0.2, -0.15) is 0 Å². The van der Waals surface area contributed by atoms with E-state index in [9.17, 15) is 0 Å². The first-order valence-corrected chi connectivity index (χ1v) is 6.86. The SMILES string of the molecule is CCN(Cc1ccc(NN)nc1)Cc1cccs1. The molecule has 18 heavy (non-hydrogen) atoms. The smallest absolute Gasteiger partial charge is 0.139 e. The average molecular weight is 262 g/mol. The van der Waals surface area contributed by atoms with Crippen molar-refractivity contribution >= 4 is 17.2 Å². The molecule has 96 valence electrons. The van der Waals surface area contributed by atoms with Gasteiger partial charge in [0.15, 0.2) is 0 Å². The molecule has 0 unspecified atom stereocenters. The van der Waals surface area contributed by atoms with Crippen LogP contribution in [0.25, 0.3) is 0 Å². The van der Waals surface area contributed by atoms with Crippen LogP contribution in [-0.4, -0.2) is 16.4 Å². The minimum atomic E-state index is 0.694. The molecule has 3 N–H and O–H groups in total. The molecule has 0 aliphatic heterocycles. The Bertz CT molecular complexity index is 452. The standard InChI is InChI=1S/C13H18N4S/c1-2-17(10-12-4-3-7-18-12)9-11-5-6-13(16-14)15-8-11/h3-8H,2,9-10,14H2,1H3,(H,15,16). The molecule has 0 atom stereocenters. The van der Waals surface area contributed by atoms with Crippen molar-refractivity contribution in [3.63, 3.8) is 0 Å². The Morgan fingerprint density at radius 1 is 1.33 bits per heavy atom. The van der Waals surface area contributed by atoms with Crippen LogP contribution in [0.5, 0.6) is 0 Å². The first-order valence-electron chi connectivity index (χ1n) is 5.98. The molecule has 0 radical (unpaired) electrons. The largest absolute Gasteiger partial charge is 0.308 e. The molecular weight excluding hydrogens is 244 g/mol. The molecule has 0 aromatic carbocycles. The van der Waals surface area contributed by atoms with Crippen LogP contribution in [0.15, 0.2) is 35.8 Å². The highest BCUT2D eigenvalue weighted by Crippen LogP contribution is 2.14. The van der Waals surface area contributed by atoms with Crippen molar-refractivity contribution in [1.29, 1.82) is 0 Å². The minimum Gasteiger partial charge on any atom is -0.308 e. The van der Waals surface area contributed by atoms with Crippen LogP contribution in [-0.2, 0) is 13.1 Å². The van der Waals surface area contributed by atoms with Gasteiger partial charge in [0.1, 0.15) is 5.82 Å². The molecule has 2 rings (SSSR count). The molecule has 0 fully saturated rings. The molecular formula is C13H18N4S. The van der Waals surface area contributed by atoms with E-state index in [1.165, 1.54) is 10.4 Å². The topological polar surface area (TPSA) is 54.2 Å². The van der Waals surface area contributed by atoms with E-state index in [4.69, 9.17) is 5.84 Å². The normalized spacial score (nSPS) is 10.8. The Balaban J connectivity index is 1.96. The number of hydrogen-bond donors (Lipinski definition) is 2. The van der Waals surface area contributed by atoms with Crippen LogP contribution in [0.3, 0.4) is 0 Å². The molecule has 2 aromatic heterocycles.